The summed E-state index contributed by atoms with van der Waals surface area (Å²) in [4.78, 5) is 0. The van der Waals surface area contributed by atoms with E-state index < -0.39 is 155 Å². The molecule has 3 saturated carbocycles. The van der Waals surface area contributed by atoms with Crippen molar-refractivity contribution in [3.63, 3.8) is 0 Å². The largest absolute Gasteiger partial charge is 0.394 e. The van der Waals surface area contributed by atoms with Gasteiger partial charge in [0.15, 0.2) is 25.2 Å². The Morgan fingerprint density at radius 3 is 1.78 bits per heavy atom. The Kier molecular flexibility index (Phi) is 19.2. The minimum atomic E-state index is -1.94. The Bertz CT molecular complexity index is 1890. The highest BCUT2D eigenvalue weighted by molar-refractivity contribution is 5.29. The van der Waals surface area contributed by atoms with Crippen molar-refractivity contribution >= 4 is 0 Å². The molecule has 8 aliphatic rings. The first-order chi connectivity index (χ1) is 35.1. The summed E-state index contributed by atoms with van der Waals surface area (Å²) < 4.78 is 48.2. The van der Waals surface area contributed by atoms with Crippen LogP contribution in [0, 0.1) is 46.3 Å². The fraction of sp³-hybridized carbons (Fsp3) is 0.923. The molecular weight excluding hydrogens is 977 g/mol. The lowest BCUT2D eigenvalue weighted by Crippen LogP contribution is -2.67. The van der Waals surface area contributed by atoms with Crippen LogP contribution in [0.15, 0.2) is 23.3 Å². The van der Waals surface area contributed by atoms with Crippen LogP contribution in [0.5, 0.6) is 0 Å². The van der Waals surface area contributed by atoms with Gasteiger partial charge < -0.3 is 109 Å². The molecular formula is C52H86O22. The first-order valence-corrected chi connectivity index (χ1v) is 26.9. The molecule has 0 aromatic carbocycles. The van der Waals surface area contributed by atoms with E-state index in [0.29, 0.717) is 30.6 Å². The summed E-state index contributed by atoms with van der Waals surface area (Å²) in [6.45, 7) is 8.42. The molecule has 0 aromatic rings. The third-order valence-corrected chi connectivity index (χ3v) is 18.9. The minimum absolute atomic E-state index is 0.0305. The van der Waals surface area contributed by atoms with Crippen molar-refractivity contribution in [2.45, 2.75) is 221 Å². The van der Waals surface area contributed by atoms with Gasteiger partial charge in [0.25, 0.3) is 0 Å². The third-order valence-electron chi connectivity index (χ3n) is 18.9. The summed E-state index contributed by atoms with van der Waals surface area (Å²) in [5, 5.41) is 150. The Morgan fingerprint density at radius 2 is 1.19 bits per heavy atom. The summed E-state index contributed by atoms with van der Waals surface area (Å²) >= 11 is 0. The molecule has 8 rings (SSSR count). The zero-order valence-electron chi connectivity index (χ0n) is 43.2. The lowest BCUT2D eigenvalue weighted by atomic mass is 9.47. The first-order valence-electron chi connectivity index (χ1n) is 26.9. The molecule has 22 heteroatoms. The molecule has 4 saturated heterocycles. The summed E-state index contributed by atoms with van der Waals surface area (Å²) in [5.74, 6) is 1.55. The van der Waals surface area contributed by atoms with Gasteiger partial charge in [0, 0.05) is 5.92 Å². The molecule has 7 fully saturated rings. The molecule has 4 heterocycles. The number of aliphatic hydroxyl groups excluding tert-OH is 14. The predicted molar refractivity (Wildman–Crippen MR) is 256 cm³/mol. The van der Waals surface area contributed by atoms with E-state index in [0.717, 1.165) is 44.9 Å². The smallest absolute Gasteiger partial charge is 0.187 e. The van der Waals surface area contributed by atoms with Crippen molar-refractivity contribution < 1.29 is 109 Å². The average molecular weight is 1060 g/mol. The van der Waals surface area contributed by atoms with E-state index in [1.807, 2.05) is 6.08 Å². The minimum Gasteiger partial charge on any atom is -0.394 e. The van der Waals surface area contributed by atoms with E-state index in [1.54, 1.807) is 0 Å². The highest BCUT2D eigenvalue weighted by atomic mass is 16.8. The molecule has 4 aliphatic heterocycles. The van der Waals surface area contributed by atoms with Gasteiger partial charge in [-0.15, -0.1) is 0 Å². The topological polar surface area (TPSA) is 357 Å². The van der Waals surface area contributed by atoms with Crippen molar-refractivity contribution in [1.82, 2.24) is 0 Å². The monoisotopic (exact) mass is 1060 g/mol. The van der Waals surface area contributed by atoms with E-state index >= 15 is 0 Å². The third kappa shape index (κ3) is 11.2. The van der Waals surface area contributed by atoms with Crippen LogP contribution in [-0.4, -0.2) is 233 Å². The summed E-state index contributed by atoms with van der Waals surface area (Å²) in [7, 11) is 0. The van der Waals surface area contributed by atoms with E-state index in [2.05, 4.69) is 40.7 Å². The normalized spacial score (nSPS) is 50.5. The maximum absolute atomic E-state index is 12.3. The van der Waals surface area contributed by atoms with Crippen LogP contribution in [0.3, 0.4) is 0 Å². The number of fused-ring (bicyclic) bond motifs is 5. The molecule has 14 N–H and O–H groups in total. The molecule has 0 amide bonds. The average Bonchev–Trinajstić information content (AvgIpc) is 3.66. The van der Waals surface area contributed by atoms with E-state index in [-0.39, 0.29) is 35.2 Å². The molecule has 0 spiro atoms. The fourth-order valence-corrected chi connectivity index (χ4v) is 14.4. The van der Waals surface area contributed by atoms with Gasteiger partial charge in [0.05, 0.1) is 45.2 Å². The quantitative estimate of drug-likeness (QED) is 0.0689. The van der Waals surface area contributed by atoms with E-state index in [1.165, 1.54) is 11.1 Å². The first kappa shape index (κ1) is 58.7. The van der Waals surface area contributed by atoms with Gasteiger partial charge in [-0.1, -0.05) is 57.9 Å². The molecule has 0 bridgehead atoms. The van der Waals surface area contributed by atoms with Gasteiger partial charge in [-0.3, -0.25) is 0 Å². The maximum atomic E-state index is 12.3. The molecule has 28 atom stereocenters. The van der Waals surface area contributed by atoms with Crippen LogP contribution >= 0.6 is 0 Å². The molecule has 426 valence electrons. The van der Waals surface area contributed by atoms with Gasteiger partial charge in [0.2, 0.25) is 0 Å². The van der Waals surface area contributed by atoms with Gasteiger partial charge in [-0.25, -0.2) is 0 Å². The van der Waals surface area contributed by atoms with E-state index in [4.69, 9.17) is 37.9 Å². The Balaban J connectivity index is 1.01. The predicted octanol–water partition coefficient (Wildman–Crippen LogP) is -2.18. The Labute approximate surface area is 432 Å². The van der Waals surface area contributed by atoms with Crippen molar-refractivity contribution in [3.05, 3.63) is 23.3 Å². The maximum Gasteiger partial charge on any atom is 0.187 e. The molecule has 0 aromatic heterocycles. The number of allylic oxidation sites excluding steroid dienone is 2. The lowest BCUT2D eigenvalue weighted by molar-refractivity contribution is -0.397. The van der Waals surface area contributed by atoms with Gasteiger partial charge in [0.1, 0.15) is 91.6 Å². The van der Waals surface area contributed by atoms with Crippen LogP contribution in [0.25, 0.3) is 0 Å². The van der Waals surface area contributed by atoms with Crippen LogP contribution < -0.4 is 0 Å². The zero-order chi connectivity index (χ0) is 53.7. The fourth-order valence-electron chi connectivity index (χ4n) is 14.4. The summed E-state index contributed by atoms with van der Waals surface area (Å²) in [6.07, 6.45) is -22.1. The zero-order valence-corrected chi connectivity index (χ0v) is 43.2. The highest BCUT2D eigenvalue weighted by Crippen LogP contribution is 2.67. The molecule has 0 unspecified atom stereocenters. The van der Waals surface area contributed by atoms with Crippen molar-refractivity contribution in [2.24, 2.45) is 46.3 Å². The van der Waals surface area contributed by atoms with Crippen LogP contribution in [0.2, 0.25) is 0 Å². The molecule has 74 heavy (non-hydrogen) atoms. The summed E-state index contributed by atoms with van der Waals surface area (Å²) in [6, 6.07) is 0. The second-order valence-electron chi connectivity index (χ2n) is 23.5. The molecule has 4 aliphatic carbocycles. The van der Waals surface area contributed by atoms with Crippen LogP contribution in [-0.2, 0) is 37.9 Å². The lowest BCUT2D eigenvalue weighted by Gasteiger charge is -2.58. The number of rotatable bonds is 17. The van der Waals surface area contributed by atoms with E-state index in [9.17, 15) is 71.5 Å². The second-order valence-corrected chi connectivity index (χ2v) is 23.5. The van der Waals surface area contributed by atoms with Gasteiger partial charge >= 0.3 is 0 Å². The SMILES string of the molecule is CC(C)/C(=C/CO)CC[C@@H](C)[C@H]1C[C@@H](O)[C@H]2C3=CC[C@H]4C[C@@H](O[C@@H]5O[C@H](CO)[C@@H](O[C@@H]6O[C@H](CO)[C@H](O)[C@H](O)[C@H]6O)[C@H](O[C@@H]6OC[C@@H](O)[C@@H](O)[C@@H]6O[C@H]6O[C@H](CO)[C@H](O)[C@H](O)[C@H]6O)[C@H]5O)CC[C@]4(C)[C@H]3CC[C@]12C. The number of ether oxygens (including phenoxy) is 8. The van der Waals surface area contributed by atoms with Crippen molar-refractivity contribution in [2.75, 3.05) is 33.0 Å². The Morgan fingerprint density at radius 1 is 0.622 bits per heavy atom. The molecule has 22 nitrogen and oxygen atoms in total. The number of hydrogen-bond acceptors (Lipinski definition) is 22. The summed E-state index contributed by atoms with van der Waals surface area (Å²) in [5.41, 5.74) is 2.45. The van der Waals surface area contributed by atoms with Gasteiger partial charge in [-0.2, -0.15) is 0 Å². The van der Waals surface area contributed by atoms with Crippen molar-refractivity contribution in [3.8, 4) is 0 Å². The number of aliphatic hydroxyl groups is 14. The highest BCUT2D eigenvalue weighted by Gasteiger charge is 2.62. The standard InChI is InChI=1S/C52H86O22/c1-22(2)24(12-15-53)7-6-23(3)29-17-30(57)35-27-9-8-25-16-26(10-13-51(25,4)28(27)11-14-52(29,35)5)68-49-43(66)45(44(34(20-56)71-49)72-47-41(64)39(62)37(60)32(18-54)69-47)73-50-46(36(59)31(58)21-67-50)74-48-42(65)40(63)38(61)33(19-55)70-48/h9,12,22-23,25-26,28-50,53-66H,6-8,10-11,13-21H2,1-5H3/b24-12+/t23-,25+,26+,28+,29-,30-,31-,32-,33-,34-,35-,36-,37+,38+,39+,40+,41-,42-,43-,44-,45-,46+,47+,48-,49-,50+,51+,52-/m1/s1. The van der Waals surface area contributed by atoms with Gasteiger partial charge in [-0.05, 0) is 98.2 Å². The van der Waals surface area contributed by atoms with Crippen LogP contribution in [0.4, 0.5) is 0 Å². The Hall–Kier alpha value is -1.40. The molecule has 0 radical (unpaired) electrons. The number of hydrogen-bond donors (Lipinski definition) is 14. The second kappa shape index (κ2) is 24.1. The van der Waals surface area contributed by atoms with Crippen LogP contribution in [0.1, 0.15) is 92.4 Å². The van der Waals surface area contributed by atoms with Crippen molar-refractivity contribution in [1.29, 1.82) is 0 Å².